The lowest BCUT2D eigenvalue weighted by atomic mass is 10.2. The van der Waals surface area contributed by atoms with Crippen molar-refractivity contribution in [2.45, 2.75) is 13.5 Å². The van der Waals surface area contributed by atoms with Gasteiger partial charge in [0, 0.05) is 16.3 Å². The lowest BCUT2D eigenvalue weighted by Crippen LogP contribution is -2.22. The third-order valence-electron chi connectivity index (χ3n) is 3.48. The average Bonchev–Trinajstić information content (AvgIpc) is 3.11. The van der Waals surface area contributed by atoms with Crippen molar-refractivity contribution < 1.29 is 9.59 Å². The Labute approximate surface area is 159 Å². The molecule has 2 amide bonds. The summed E-state index contributed by atoms with van der Waals surface area (Å²) in [7, 11) is 0. The number of hydrogen-bond donors (Lipinski definition) is 2. The van der Waals surface area contributed by atoms with Crippen molar-refractivity contribution in [3.63, 3.8) is 0 Å². The fourth-order valence-electron chi connectivity index (χ4n) is 2.10. The first-order valence-electron chi connectivity index (χ1n) is 7.75. The van der Waals surface area contributed by atoms with Crippen LogP contribution in [0.1, 0.15) is 30.7 Å². The normalized spacial score (nSPS) is 10.4. The molecule has 2 aromatic carbocycles. The minimum Gasteiger partial charge on any atom is -0.345 e. The topological polar surface area (TPSA) is 84.0 Å². The van der Waals surface area contributed by atoms with Crippen LogP contribution in [0.2, 0.25) is 5.02 Å². The smallest absolute Gasteiger partial charge is 0.286 e. The van der Waals surface area contributed by atoms with Crippen molar-refractivity contribution in [1.82, 2.24) is 15.5 Å². The van der Waals surface area contributed by atoms with Crippen molar-refractivity contribution in [1.29, 1.82) is 0 Å². The van der Waals surface area contributed by atoms with Crippen LogP contribution in [0.25, 0.3) is 0 Å². The molecule has 0 aliphatic rings. The molecule has 6 nitrogen and oxygen atoms in total. The van der Waals surface area contributed by atoms with E-state index in [1.165, 1.54) is 0 Å². The Morgan fingerprint density at radius 1 is 1.00 bits per heavy atom. The number of aryl methyl sites for hydroxylation is 1. The number of nitrogens with one attached hydrogen (secondary N) is 2. The summed E-state index contributed by atoms with van der Waals surface area (Å²) in [6.07, 6.45) is 0. The van der Waals surface area contributed by atoms with E-state index in [0.29, 0.717) is 21.3 Å². The van der Waals surface area contributed by atoms with Crippen LogP contribution in [0.4, 0.5) is 5.69 Å². The van der Waals surface area contributed by atoms with E-state index in [1.807, 2.05) is 31.2 Å². The van der Waals surface area contributed by atoms with E-state index < -0.39 is 0 Å². The second-order valence-electron chi connectivity index (χ2n) is 5.51. The summed E-state index contributed by atoms with van der Waals surface area (Å²) in [4.78, 5) is 24.3. The number of carbonyl (C=O) groups excluding carboxylic acids is 2. The molecule has 0 unspecified atom stereocenters. The Morgan fingerprint density at radius 2 is 1.69 bits per heavy atom. The van der Waals surface area contributed by atoms with E-state index in [-0.39, 0.29) is 23.4 Å². The van der Waals surface area contributed by atoms with Crippen molar-refractivity contribution in [3.05, 3.63) is 74.7 Å². The van der Waals surface area contributed by atoms with Crippen LogP contribution < -0.4 is 10.6 Å². The van der Waals surface area contributed by atoms with Crippen LogP contribution in [0.5, 0.6) is 0 Å². The Hall–Kier alpha value is -2.77. The molecule has 26 heavy (non-hydrogen) atoms. The summed E-state index contributed by atoms with van der Waals surface area (Å²) < 4.78 is 0. The standard InChI is InChI=1S/C18H15ClN4O2S/c1-11-2-8-14(9-3-11)21-17(25)18-23-22-15(26-18)10-20-16(24)12-4-6-13(19)7-5-12/h2-9H,10H2,1H3,(H,20,24)(H,21,25). The number of benzene rings is 2. The highest BCUT2D eigenvalue weighted by Gasteiger charge is 2.14. The highest BCUT2D eigenvalue weighted by Crippen LogP contribution is 2.14. The first-order chi connectivity index (χ1) is 12.5. The number of aromatic nitrogens is 2. The molecular weight excluding hydrogens is 372 g/mol. The summed E-state index contributed by atoms with van der Waals surface area (Å²) in [5, 5.41) is 14.7. The maximum atomic E-state index is 12.2. The molecule has 8 heteroatoms. The predicted octanol–water partition coefficient (Wildman–Crippen LogP) is 3.68. The largest absolute Gasteiger partial charge is 0.345 e. The van der Waals surface area contributed by atoms with Crippen LogP contribution >= 0.6 is 22.9 Å². The zero-order valence-corrected chi connectivity index (χ0v) is 15.4. The molecule has 0 aliphatic carbocycles. The van der Waals surface area contributed by atoms with Gasteiger partial charge in [0.2, 0.25) is 5.01 Å². The molecular formula is C18H15ClN4O2S. The maximum absolute atomic E-state index is 12.2. The number of hydrogen-bond acceptors (Lipinski definition) is 5. The molecule has 0 saturated carbocycles. The zero-order chi connectivity index (χ0) is 18.5. The molecule has 1 heterocycles. The molecule has 132 valence electrons. The van der Waals surface area contributed by atoms with Gasteiger partial charge < -0.3 is 10.6 Å². The summed E-state index contributed by atoms with van der Waals surface area (Å²) in [5.74, 6) is -0.579. The SMILES string of the molecule is Cc1ccc(NC(=O)c2nnc(CNC(=O)c3ccc(Cl)cc3)s2)cc1. The second kappa shape index (κ2) is 8.07. The van der Waals surface area contributed by atoms with Crippen LogP contribution in [0, 0.1) is 6.92 Å². The quantitative estimate of drug-likeness (QED) is 0.700. The molecule has 1 aromatic heterocycles. The minimum atomic E-state index is -0.332. The van der Waals surface area contributed by atoms with Crippen molar-refractivity contribution in [3.8, 4) is 0 Å². The maximum Gasteiger partial charge on any atom is 0.286 e. The molecule has 0 spiro atoms. The fraction of sp³-hybridized carbons (Fsp3) is 0.111. The molecule has 0 bridgehead atoms. The van der Waals surface area contributed by atoms with Gasteiger partial charge in [-0.2, -0.15) is 0 Å². The van der Waals surface area contributed by atoms with Gasteiger partial charge in [0.05, 0.1) is 6.54 Å². The van der Waals surface area contributed by atoms with Gasteiger partial charge in [-0.1, -0.05) is 40.6 Å². The lowest BCUT2D eigenvalue weighted by Gasteiger charge is -2.03. The second-order valence-corrected chi connectivity index (χ2v) is 7.01. The highest BCUT2D eigenvalue weighted by atomic mass is 35.5. The number of anilines is 1. The highest BCUT2D eigenvalue weighted by molar-refractivity contribution is 7.13. The fourth-order valence-corrected chi connectivity index (χ4v) is 2.90. The first-order valence-corrected chi connectivity index (χ1v) is 8.95. The molecule has 2 N–H and O–H groups in total. The minimum absolute atomic E-state index is 0.191. The Morgan fingerprint density at radius 3 is 2.38 bits per heavy atom. The molecule has 0 radical (unpaired) electrons. The van der Waals surface area contributed by atoms with Crippen LogP contribution in [0.3, 0.4) is 0 Å². The van der Waals surface area contributed by atoms with Gasteiger partial charge >= 0.3 is 0 Å². The lowest BCUT2D eigenvalue weighted by molar-refractivity contribution is 0.0950. The Kier molecular flexibility index (Phi) is 5.60. The summed E-state index contributed by atoms with van der Waals surface area (Å²) >= 11 is 6.93. The van der Waals surface area contributed by atoms with Crippen molar-refractivity contribution in [2.75, 3.05) is 5.32 Å². The summed E-state index contributed by atoms with van der Waals surface area (Å²) in [6.45, 7) is 2.16. The van der Waals surface area contributed by atoms with E-state index in [0.717, 1.165) is 16.9 Å². The van der Waals surface area contributed by atoms with Crippen LogP contribution in [-0.2, 0) is 6.54 Å². The number of nitrogens with zero attached hydrogens (tertiary/aromatic N) is 2. The van der Waals surface area contributed by atoms with Gasteiger partial charge in [0.1, 0.15) is 5.01 Å². The summed E-state index contributed by atoms with van der Waals surface area (Å²) in [5.41, 5.74) is 2.29. The third kappa shape index (κ3) is 4.65. The van der Waals surface area contributed by atoms with Gasteiger partial charge in [-0.3, -0.25) is 9.59 Å². The number of carbonyl (C=O) groups is 2. The van der Waals surface area contributed by atoms with E-state index in [9.17, 15) is 9.59 Å². The van der Waals surface area contributed by atoms with Gasteiger partial charge in [-0.15, -0.1) is 10.2 Å². The van der Waals surface area contributed by atoms with Gasteiger partial charge in [-0.25, -0.2) is 0 Å². The number of halogens is 1. The molecule has 0 atom stereocenters. The Bertz CT molecular complexity index is 923. The zero-order valence-electron chi connectivity index (χ0n) is 13.8. The number of rotatable bonds is 5. The van der Waals surface area contributed by atoms with Crippen LogP contribution in [0.15, 0.2) is 48.5 Å². The molecule has 0 aliphatic heterocycles. The molecule has 0 saturated heterocycles. The van der Waals surface area contributed by atoms with E-state index in [4.69, 9.17) is 11.6 Å². The summed E-state index contributed by atoms with van der Waals surface area (Å²) in [6, 6.07) is 14.0. The Balaban J connectivity index is 1.57. The molecule has 3 rings (SSSR count). The molecule has 3 aromatic rings. The van der Waals surface area contributed by atoms with Crippen LogP contribution in [-0.4, -0.2) is 22.0 Å². The van der Waals surface area contributed by atoms with Gasteiger partial charge in [-0.05, 0) is 43.3 Å². The monoisotopic (exact) mass is 386 g/mol. The van der Waals surface area contributed by atoms with Crippen molar-refractivity contribution in [2.24, 2.45) is 0 Å². The third-order valence-corrected chi connectivity index (χ3v) is 4.65. The first kappa shape index (κ1) is 18.0. The predicted molar refractivity (Wildman–Crippen MR) is 102 cm³/mol. The van der Waals surface area contributed by atoms with E-state index in [1.54, 1.807) is 24.3 Å². The van der Waals surface area contributed by atoms with E-state index >= 15 is 0 Å². The van der Waals surface area contributed by atoms with Crippen molar-refractivity contribution >= 4 is 40.4 Å². The average molecular weight is 387 g/mol. The van der Waals surface area contributed by atoms with Gasteiger partial charge in [0.25, 0.3) is 11.8 Å². The molecule has 0 fully saturated rings. The van der Waals surface area contributed by atoms with E-state index in [2.05, 4.69) is 20.8 Å². The number of amides is 2. The van der Waals surface area contributed by atoms with Gasteiger partial charge in [0.15, 0.2) is 0 Å².